The average Bonchev–Trinajstić information content (AvgIpc) is 2.36. The van der Waals surface area contributed by atoms with Crippen molar-refractivity contribution in [3.05, 3.63) is 33.8 Å². The molecule has 0 bridgehead atoms. The maximum Gasteiger partial charge on any atom is 0.0295 e. The van der Waals surface area contributed by atoms with Crippen molar-refractivity contribution in [3.63, 3.8) is 0 Å². The highest BCUT2D eigenvalue weighted by atomic mass is 79.9. The first kappa shape index (κ1) is 16.7. The molecule has 2 heteroatoms. The summed E-state index contributed by atoms with van der Waals surface area (Å²) >= 11 is 3.54. The van der Waals surface area contributed by atoms with Crippen LogP contribution in [0.5, 0.6) is 0 Å². The zero-order valence-electron chi connectivity index (χ0n) is 12.4. The first-order valence-corrected chi connectivity index (χ1v) is 8.45. The van der Waals surface area contributed by atoms with Crippen molar-refractivity contribution in [1.29, 1.82) is 0 Å². The van der Waals surface area contributed by atoms with Crippen LogP contribution in [-0.2, 0) is 0 Å². The molecule has 0 radical (unpaired) electrons. The molecule has 0 heterocycles. The van der Waals surface area contributed by atoms with Gasteiger partial charge in [0, 0.05) is 10.5 Å². The predicted molar refractivity (Wildman–Crippen MR) is 88.4 cm³/mol. The average molecular weight is 326 g/mol. The molecule has 1 rings (SSSR count). The summed E-state index contributed by atoms with van der Waals surface area (Å²) in [6.07, 6.45) is 10.5. The third-order valence-electron chi connectivity index (χ3n) is 3.61. The number of aryl methyl sites for hydroxylation is 1. The van der Waals surface area contributed by atoms with E-state index >= 15 is 0 Å². The second-order valence-corrected chi connectivity index (χ2v) is 6.49. The fourth-order valence-corrected chi connectivity index (χ4v) is 3.09. The van der Waals surface area contributed by atoms with Crippen LogP contribution in [0, 0.1) is 6.92 Å². The van der Waals surface area contributed by atoms with Gasteiger partial charge in [0.1, 0.15) is 0 Å². The van der Waals surface area contributed by atoms with E-state index in [0.717, 1.165) is 10.9 Å². The van der Waals surface area contributed by atoms with E-state index in [0.29, 0.717) is 0 Å². The number of halogens is 1. The summed E-state index contributed by atoms with van der Waals surface area (Å²) < 4.78 is 1.14. The van der Waals surface area contributed by atoms with Crippen molar-refractivity contribution in [2.24, 2.45) is 5.73 Å². The van der Waals surface area contributed by atoms with Gasteiger partial charge >= 0.3 is 0 Å². The van der Waals surface area contributed by atoms with Crippen LogP contribution in [0.1, 0.15) is 75.5 Å². The molecule has 1 unspecified atom stereocenters. The van der Waals surface area contributed by atoms with Gasteiger partial charge in [0.15, 0.2) is 0 Å². The standard InChI is InChI=1S/C17H28BrN/c1-3-4-5-6-7-8-9-10-17(19)15-11-14(2)12-16(18)13-15/h11-13,17H,3-10,19H2,1-2H3. The van der Waals surface area contributed by atoms with E-state index in [9.17, 15) is 0 Å². The minimum absolute atomic E-state index is 0.187. The molecule has 0 amide bonds. The fraction of sp³-hybridized carbons (Fsp3) is 0.647. The van der Waals surface area contributed by atoms with Crippen LogP contribution in [0.15, 0.2) is 22.7 Å². The number of hydrogen-bond donors (Lipinski definition) is 1. The number of unbranched alkanes of at least 4 members (excludes halogenated alkanes) is 6. The number of nitrogens with two attached hydrogens (primary N) is 1. The summed E-state index contributed by atoms with van der Waals surface area (Å²) in [5.74, 6) is 0. The molecule has 1 aromatic carbocycles. The van der Waals surface area contributed by atoms with Crippen molar-refractivity contribution in [2.75, 3.05) is 0 Å². The third kappa shape index (κ3) is 7.12. The molecule has 0 aliphatic heterocycles. The van der Waals surface area contributed by atoms with Gasteiger partial charge in [-0.15, -0.1) is 0 Å². The van der Waals surface area contributed by atoms with Crippen LogP contribution in [0.3, 0.4) is 0 Å². The van der Waals surface area contributed by atoms with Gasteiger partial charge in [0.2, 0.25) is 0 Å². The van der Waals surface area contributed by atoms with Crippen molar-refractivity contribution in [3.8, 4) is 0 Å². The number of benzene rings is 1. The highest BCUT2D eigenvalue weighted by Gasteiger charge is 2.07. The Morgan fingerprint density at radius 2 is 1.63 bits per heavy atom. The SMILES string of the molecule is CCCCCCCCCC(N)c1cc(C)cc(Br)c1. The molecule has 0 fully saturated rings. The summed E-state index contributed by atoms with van der Waals surface area (Å²) in [4.78, 5) is 0. The molecule has 19 heavy (non-hydrogen) atoms. The Balaban J connectivity index is 2.22. The van der Waals surface area contributed by atoms with Crippen molar-refractivity contribution in [1.82, 2.24) is 0 Å². The van der Waals surface area contributed by atoms with E-state index in [4.69, 9.17) is 5.73 Å². The monoisotopic (exact) mass is 325 g/mol. The first-order chi connectivity index (χ1) is 9.13. The lowest BCUT2D eigenvalue weighted by Gasteiger charge is -2.13. The van der Waals surface area contributed by atoms with Gasteiger partial charge in [-0.3, -0.25) is 0 Å². The van der Waals surface area contributed by atoms with Crippen LogP contribution >= 0.6 is 15.9 Å². The van der Waals surface area contributed by atoms with E-state index in [1.807, 2.05) is 0 Å². The van der Waals surface area contributed by atoms with Crippen LogP contribution in [-0.4, -0.2) is 0 Å². The van der Waals surface area contributed by atoms with Crippen LogP contribution < -0.4 is 5.73 Å². The highest BCUT2D eigenvalue weighted by molar-refractivity contribution is 9.10. The Bertz CT molecular complexity index is 342. The Kier molecular flexibility index (Phi) is 8.40. The van der Waals surface area contributed by atoms with Gasteiger partial charge in [-0.2, -0.15) is 0 Å². The molecular weight excluding hydrogens is 298 g/mol. The zero-order valence-corrected chi connectivity index (χ0v) is 14.0. The maximum atomic E-state index is 6.27. The van der Waals surface area contributed by atoms with E-state index in [-0.39, 0.29) is 6.04 Å². The second-order valence-electron chi connectivity index (χ2n) is 5.58. The minimum atomic E-state index is 0.187. The summed E-state index contributed by atoms with van der Waals surface area (Å²) in [5.41, 5.74) is 8.81. The molecule has 1 nitrogen and oxygen atoms in total. The van der Waals surface area contributed by atoms with E-state index in [1.165, 1.54) is 56.1 Å². The number of hydrogen-bond acceptors (Lipinski definition) is 1. The third-order valence-corrected chi connectivity index (χ3v) is 4.07. The van der Waals surface area contributed by atoms with Crippen molar-refractivity contribution >= 4 is 15.9 Å². The van der Waals surface area contributed by atoms with Gasteiger partial charge in [0.25, 0.3) is 0 Å². The first-order valence-electron chi connectivity index (χ1n) is 7.66. The molecular formula is C17H28BrN. The summed E-state index contributed by atoms with van der Waals surface area (Å²) in [7, 11) is 0. The summed E-state index contributed by atoms with van der Waals surface area (Å²) in [5, 5.41) is 0. The molecule has 0 saturated carbocycles. The van der Waals surface area contributed by atoms with E-state index < -0.39 is 0 Å². The number of rotatable bonds is 9. The van der Waals surface area contributed by atoms with Gasteiger partial charge in [-0.25, -0.2) is 0 Å². The molecule has 0 spiro atoms. The Morgan fingerprint density at radius 1 is 1.00 bits per heavy atom. The largest absolute Gasteiger partial charge is 0.324 e. The molecule has 0 saturated heterocycles. The zero-order chi connectivity index (χ0) is 14.1. The molecule has 1 atom stereocenters. The summed E-state index contributed by atoms with van der Waals surface area (Å²) in [6, 6.07) is 6.67. The lowest BCUT2D eigenvalue weighted by molar-refractivity contribution is 0.541. The highest BCUT2D eigenvalue weighted by Crippen LogP contribution is 2.23. The maximum absolute atomic E-state index is 6.27. The molecule has 108 valence electrons. The van der Waals surface area contributed by atoms with Crippen molar-refractivity contribution < 1.29 is 0 Å². The lowest BCUT2D eigenvalue weighted by atomic mass is 9.99. The molecule has 0 aromatic heterocycles. The second kappa shape index (κ2) is 9.55. The van der Waals surface area contributed by atoms with Gasteiger partial charge in [-0.05, 0) is 36.6 Å². The van der Waals surface area contributed by atoms with Gasteiger partial charge in [0.05, 0.1) is 0 Å². The smallest absolute Gasteiger partial charge is 0.0295 e. The Hall–Kier alpha value is -0.340. The topological polar surface area (TPSA) is 26.0 Å². The molecule has 0 aliphatic rings. The Morgan fingerprint density at radius 3 is 2.26 bits per heavy atom. The van der Waals surface area contributed by atoms with Crippen molar-refractivity contribution in [2.45, 2.75) is 71.3 Å². The van der Waals surface area contributed by atoms with Crippen LogP contribution in [0.2, 0.25) is 0 Å². The van der Waals surface area contributed by atoms with Crippen LogP contribution in [0.25, 0.3) is 0 Å². The van der Waals surface area contributed by atoms with Crippen LogP contribution in [0.4, 0.5) is 0 Å². The van der Waals surface area contributed by atoms with Gasteiger partial charge < -0.3 is 5.73 Å². The summed E-state index contributed by atoms with van der Waals surface area (Å²) in [6.45, 7) is 4.38. The fourth-order valence-electron chi connectivity index (χ4n) is 2.47. The quantitative estimate of drug-likeness (QED) is 0.562. The Labute approximate surface area is 127 Å². The minimum Gasteiger partial charge on any atom is -0.324 e. The normalized spacial score (nSPS) is 12.6. The predicted octanol–water partition coefficient (Wildman–Crippen LogP) is 5.90. The molecule has 2 N–H and O–H groups in total. The lowest BCUT2D eigenvalue weighted by Crippen LogP contribution is -2.10. The van der Waals surface area contributed by atoms with E-state index in [1.54, 1.807) is 0 Å². The van der Waals surface area contributed by atoms with E-state index in [2.05, 4.69) is 48.0 Å². The molecule has 0 aliphatic carbocycles. The van der Waals surface area contributed by atoms with Gasteiger partial charge in [-0.1, -0.05) is 73.9 Å². The molecule has 1 aromatic rings.